The van der Waals surface area contributed by atoms with E-state index in [1.165, 1.54) is 5.56 Å². The lowest BCUT2D eigenvalue weighted by molar-refractivity contribution is -0.113. The highest BCUT2D eigenvalue weighted by Gasteiger charge is 2.53. The number of rotatable bonds is 7. The Bertz CT molecular complexity index is 1320. The van der Waals surface area contributed by atoms with Gasteiger partial charge in [-0.25, -0.2) is 9.78 Å². The predicted molar refractivity (Wildman–Crippen MR) is 154 cm³/mol. The molecule has 40 heavy (non-hydrogen) atoms. The van der Waals surface area contributed by atoms with Crippen LogP contribution in [0.5, 0.6) is 0 Å². The van der Waals surface area contributed by atoms with Crippen molar-refractivity contribution in [3.05, 3.63) is 78.2 Å². The maximum Gasteiger partial charge on any atom is 0.405 e. The lowest BCUT2D eigenvalue weighted by atomic mass is 9.64. The molecular weight excluding hydrogens is 502 g/mol. The Balaban J connectivity index is 1.41. The van der Waals surface area contributed by atoms with Crippen LogP contribution in [0, 0.1) is 5.92 Å². The molecule has 2 saturated carbocycles. The van der Waals surface area contributed by atoms with Crippen LogP contribution in [-0.2, 0) is 11.2 Å². The molecule has 3 aromatic rings. The first-order valence-corrected chi connectivity index (χ1v) is 14.7. The number of hydrogen-bond acceptors (Lipinski definition) is 5. The summed E-state index contributed by atoms with van der Waals surface area (Å²) < 4.78 is 8.23. The Morgan fingerprint density at radius 3 is 2.45 bits per heavy atom. The van der Waals surface area contributed by atoms with E-state index in [0.717, 1.165) is 75.7 Å². The molecule has 2 heterocycles. The second-order valence-electron chi connectivity index (χ2n) is 11.5. The number of nitrogens with zero attached hydrogens (tertiary/aromatic N) is 3. The highest BCUT2D eigenvalue weighted by Crippen LogP contribution is 2.52. The van der Waals surface area contributed by atoms with Gasteiger partial charge in [-0.2, -0.15) is 0 Å². The fraction of sp³-hybridized carbons (Fsp3) is 0.469. The van der Waals surface area contributed by atoms with Crippen LogP contribution in [0.15, 0.2) is 67.0 Å². The number of ether oxygens (including phenoxy) is 1. The molecule has 0 radical (unpaired) electrons. The fourth-order valence-electron chi connectivity index (χ4n) is 7.16. The minimum absolute atomic E-state index is 0.0272. The first-order valence-electron chi connectivity index (χ1n) is 14.7. The van der Waals surface area contributed by atoms with E-state index in [2.05, 4.69) is 22.0 Å². The Morgan fingerprint density at radius 2 is 1.75 bits per heavy atom. The summed E-state index contributed by atoms with van der Waals surface area (Å²) in [4.78, 5) is 33.4. The van der Waals surface area contributed by atoms with Crippen molar-refractivity contribution in [2.75, 3.05) is 19.6 Å². The zero-order valence-corrected chi connectivity index (χ0v) is 23.0. The Hall–Kier alpha value is -3.65. The third-order valence-corrected chi connectivity index (χ3v) is 9.25. The van der Waals surface area contributed by atoms with Crippen molar-refractivity contribution in [2.24, 2.45) is 11.7 Å². The average Bonchev–Trinajstić information content (AvgIpc) is 3.38. The summed E-state index contributed by atoms with van der Waals surface area (Å²) in [5, 5.41) is 3.47. The number of amides is 2. The van der Waals surface area contributed by atoms with Gasteiger partial charge in [0.15, 0.2) is 5.69 Å². The number of primary amides is 1. The Morgan fingerprint density at radius 1 is 1.00 bits per heavy atom. The van der Waals surface area contributed by atoms with Crippen molar-refractivity contribution in [2.45, 2.75) is 69.1 Å². The van der Waals surface area contributed by atoms with Crippen molar-refractivity contribution in [1.82, 2.24) is 19.8 Å². The molecule has 0 spiro atoms. The first kappa shape index (κ1) is 26.6. The average molecular weight is 542 g/mol. The molecule has 8 heteroatoms. The highest BCUT2D eigenvalue weighted by molar-refractivity contribution is 5.98. The molecule has 2 amide bonds. The van der Waals surface area contributed by atoms with E-state index in [-0.39, 0.29) is 23.9 Å². The molecule has 3 fully saturated rings. The number of nitrogens with one attached hydrogen (secondary N) is 1. The quantitative estimate of drug-likeness (QED) is 0.440. The Kier molecular flexibility index (Phi) is 7.61. The van der Waals surface area contributed by atoms with Gasteiger partial charge in [0, 0.05) is 37.2 Å². The molecule has 3 N–H and O–H groups in total. The molecule has 8 nitrogen and oxygen atoms in total. The first-order chi connectivity index (χ1) is 19.6. The second-order valence-corrected chi connectivity index (χ2v) is 11.5. The highest BCUT2D eigenvalue weighted by atomic mass is 16.6. The molecule has 6 rings (SSSR count). The van der Waals surface area contributed by atoms with Crippen molar-refractivity contribution < 1.29 is 14.3 Å². The van der Waals surface area contributed by atoms with Gasteiger partial charge in [-0.15, -0.1) is 0 Å². The SMILES string of the molecule is NC(=O)O[C@]1(C2CCC2)CCCC[C@@H]1n1cnc(C(=O)N2CCNCC2Cc2ccccc2)c1-c1ccccc1. The number of nitrogens with two attached hydrogens (primary N) is 1. The summed E-state index contributed by atoms with van der Waals surface area (Å²) in [6, 6.07) is 20.2. The van der Waals surface area contributed by atoms with Gasteiger partial charge in [-0.1, -0.05) is 73.5 Å². The van der Waals surface area contributed by atoms with E-state index in [4.69, 9.17) is 15.5 Å². The monoisotopic (exact) mass is 541 g/mol. The summed E-state index contributed by atoms with van der Waals surface area (Å²) in [5.41, 5.74) is 8.41. The van der Waals surface area contributed by atoms with E-state index in [9.17, 15) is 9.59 Å². The minimum Gasteiger partial charge on any atom is -0.441 e. The van der Waals surface area contributed by atoms with Gasteiger partial charge < -0.3 is 25.3 Å². The number of hydrogen-bond donors (Lipinski definition) is 2. The fourth-order valence-corrected chi connectivity index (χ4v) is 7.16. The summed E-state index contributed by atoms with van der Waals surface area (Å²) in [5.74, 6) is 0.208. The van der Waals surface area contributed by atoms with Crippen LogP contribution in [-0.4, -0.2) is 57.7 Å². The molecule has 3 atom stereocenters. The summed E-state index contributed by atoms with van der Waals surface area (Å²) in [7, 11) is 0. The zero-order chi connectivity index (χ0) is 27.5. The molecule has 1 unspecified atom stereocenters. The van der Waals surface area contributed by atoms with E-state index in [1.807, 2.05) is 53.4 Å². The van der Waals surface area contributed by atoms with Gasteiger partial charge >= 0.3 is 6.09 Å². The molecule has 1 aromatic heterocycles. The van der Waals surface area contributed by atoms with Crippen LogP contribution in [0.1, 0.15) is 67.0 Å². The number of benzene rings is 2. The smallest absolute Gasteiger partial charge is 0.405 e. The molecule has 1 aliphatic heterocycles. The second kappa shape index (κ2) is 11.5. The molecule has 1 saturated heterocycles. The van der Waals surface area contributed by atoms with Crippen LogP contribution < -0.4 is 11.1 Å². The summed E-state index contributed by atoms with van der Waals surface area (Å²) in [6.07, 6.45) is 8.67. The van der Waals surface area contributed by atoms with Crippen LogP contribution in [0.4, 0.5) is 4.79 Å². The van der Waals surface area contributed by atoms with Gasteiger partial charge in [-0.05, 0) is 44.1 Å². The molecule has 2 aromatic carbocycles. The minimum atomic E-state index is -0.721. The number of aromatic nitrogens is 2. The zero-order valence-electron chi connectivity index (χ0n) is 23.0. The van der Waals surface area contributed by atoms with Crippen LogP contribution in [0.25, 0.3) is 11.3 Å². The molecule has 0 bridgehead atoms. The van der Waals surface area contributed by atoms with Gasteiger partial charge in [-0.3, -0.25) is 4.79 Å². The largest absolute Gasteiger partial charge is 0.441 e. The third kappa shape index (κ3) is 5.01. The van der Waals surface area contributed by atoms with E-state index in [1.54, 1.807) is 6.33 Å². The molecule has 210 valence electrons. The van der Waals surface area contributed by atoms with E-state index >= 15 is 0 Å². The predicted octanol–water partition coefficient (Wildman–Crippen LogP) is 4.96. The van der Waals surface area contributed by atoms with Crippen molar-refractivity contribution >= 4 is 12.0 Å². The van der Waals surface area contributed by atoms with Gasteiger partial charge in [0.2, 0.25) is 0 Å². The lowest BCUT2D eigenvalue weighted by Gasteiger charge is -2.51. The van der Waals surface area contributed by atoms with Crippen molar-refractivity contribution in [3.63, 3.8) is 0 Å². The van der Waals surface area contributed by atoms with Crippen molar-refractivity contribution in [3.8, 4) is 11.3 Å². The standard InChI is InChI=1S/C32H39N5O3/c33-31(39)40-32(25-14-9-15-25)17-8-7-16-27(32)37-22-35-28(29(37)24-12-5-2-6-13-24)30(38)36-19-18-34-21-26(36)20-23-10-3-1-4-11-23/h1-6,10-13,22,25-27,34H,7-9,14-21H2,(H2,33,39)/t26?,27-,32-/m0/s1. The topological polar surface area (TPSA) is 102 Å². The van der Waals surface area contributed by atoms with E-state index < -0.39 is 11.7 Å². The van der Waals surface area contributed by atoms with Crippen LogP contribution in [0.3, 0.4) is 0 Å². The maximum absolute atomic E-state index is 14.3. The van der Waals surface area contributed by atoms with Gasteiger partial charge in [0.1, 0.15) is 5.60 Å². The number of carbonyl (C=O) groups is 2. The Labute approximate surface area is 235 Å². The van der Waals surface area contributed by atoms with Gasteiger partial charge in [0.05, 0.1) is 18.1 Å². The van der Waals surface area contributed by atoms with E-state index in [0.29, 0.717) is 12.2 Å². The maximum atomic E-state index is 14.3. The van der Waals surface area contributed by atoms with Crippen LogP contribution in [0.2, 0.25) is 0 Å². The number of piperazine rings is 1. The summed E-state index contributed by atoms with van der Waals surface area (Å²) >= 11 is 0. The normalized spacial score (nSPS) is 25.2. The molecule has 3 aliphatic rings. The lowest BCUT2D eigenvalue weighted by Crippen LogP contribution is -2.55. The van der Waals surface area contributed by atoms with Crippen molar-refractivity contribution in [1.29, 1.82) is 0 Å². The molecular formula is C32H39N5O3. The summed E-state index contributed by atoms with van der Waals surface area (Å²) in [6.45, 7) is 2.11. The third-order valence-electron chi connectivity index (χ3n) is 9.25. The molecule has 2 aliphatic carbocycles. The van der Waals surface area contributed by atoms with Crippen LogP contribution >= 0.6 is 0 Å². The number of imidazole rings is 1. The van der Waals surface area contributed by atoms with Gasteiger partial charge in [0.25, 0.3) is 5.91 Å². The number of carbonyl (C=O) groups excluding carboxylic acids is 2.